The Labute approximate surface area is 166 Å². The minimum absolute atomic E-state index is 0.128. The number of alkyl halides is 3. The lowest BCUT2D eigenvalue weighted by Crippen LogP contribution is -2.49. The van der Waals surface area contributed by atoms with Crippen LogP contribution >= 0.6 is 11.6 Å². The first-order chi connectivity index (χ1) is 13.3. The zero-order valence-corrected chi connectivity index (χ0v) is 16.0. The van der Waals surface area contributed by atoms with E-state index in [1.807, 2.05) is 13.0 Å². The molecule has 0 aromatic heterocycles. The minimum Gasteiger partial charge on any atom is -0.386 e. The lowest BCUT2D eigenvalue weighted by atomic mass is 10.1. The third-order valence-corrected chi connectivity index (χ3v) is 4.76. The van der Waals surface area contributed by atoms with Gasteiger partial charge < -0.3 is 5.32 Å². The number of anilines is 1. The number of dihydropyridines is 1. The Morgan fingerprint density at radius 1 is 1.25 bits per heavy atom. The number of urea groups is 1. The second-order valence-electron chi connectivity index (χ2n) is 6.46. The van der Waals surface area contributed by atoms with Crippen molar-refractivity contribution in [3.8, 4) is 0 Å². The first-order valence-electron chi connectivity index (χ1n) is 8.95. The average molecular weight is 413 g/mol. The van der Waals surface area contributed by atoms with Crippen LogP contribution in [-0.2, 0) is 6.18 Å². The molecule has 9 heteroatoms. The smallest absolute Gasteiger partial charge is 0.386 e. The molecule has 150 valence electrons. The summed E-state index contributed by atoms with van der Waals surface area (Å²) < 4.78 is 38.5. The predicted octanol–water partition coefficient (Wildman–Crippen LogP) is 4.71. The summed E-state index contributed by atoms with van der Waals surface area (Å²) in [6.07, 6.45) is 0.743. The number of nitrogens with zero attached hydrogens (tertiary/aromatic N) is 3. The molecule has 0 radical (unpaired) electrons. The topological polar surface area (TPSA) is 47.9 Å². The lowest BCUT2D eigenvalue weighted by Gasteiger charge is -2.34. The standard InChI is InChI=1S/C19H20ClF3N4O/c1-2-3-10-27-18(28)26(14-6-4-13(5-7-14)19(21,22)23)12-17(25-27)15-8-9-24-11-16(15)20/h4-8,11,24H,2-3,9-10,12H2,1H3. The molecule has 0 saturated heterocycles. The Morgan fingerprint density at radius 2 is 1.96 bits per heavy atom. The van der Waals surface area contributed by atoms with Crippen molar-refractivity contribution < 1.29 is 18.0 Å². The molecule has 0 bridgehead atoms. The van der Waals surface area contributed by atoms with Crippen molar-refractivity contribution in [3.63, 3.8) is 0 Å². The van der Waals surface area contributed by atoms with Gasteiger partial charge in [0, 0.05) is 30.5 Å². The van der Waals surface area contributed by atoms with Gasteiger partial charge in [0.05, 0.1) is 22.9 Å². The van der Waals surface area contributed by atoms with Gasteiger partial charge in [-0.05, 0) is 30.7 Å². The molecule has 1 N–H and O–H groups in total. The monoisotopic (exact) mass is 412 g/mol. The minimum atomic E-state index is -4.43. The van der Waals surface area contributed by atoms with Crippen LogP contribution < -0.4 is 10.2 Å². The maximum absolute atomic E-state index is 12.9. The van der Waals surface area contributed by atoms with Crippen molar-refractivity contribution in [1.29, 1.82) is 0 Å². The number of allylic oxidation sites excluding steroid dienone is 1. The van der Waals surface area contributed by atoms with Gasteiger partial charge in [-0.1, -0.05) is 31.0 Å². The molecule has 0 fully saturated rings. The average Bonchev–Trinajstić information content (AvgIpc) is 2.67. The zero-order chi connectivity index (χ0) is 20.3. The van der Waals surface area contributed by atoms with Gasteiger partial charge in [0.1, 0.15) is 0 Å². The summed E-state index contributed by atoms with van der Waals surface area (Å²) in [5.41, 5.74) is 0.927. The molecule has 0 spiro atoms. The normalized spacial score (nSPS) is 17.8. The van der Waals surface area contributed by atoms with Crippen molar-refractivity contribution in [2.75, 3.05) is 24.5 Å². The van der Waals surface area contributed by atoms with Gasteiger partial charge in [-0.3, -0.25) is 4.90 Å². The Bertz CT molecular complexity index is 831. The first-order valence-corrected chi connectivity index (χ1v) is 9.32. The summed E-state index contributed by atoms with van der Waals surface area (Å²) in [6, 6.07) is 4.18. The van der Waals surface area contributed by atoms with E-state index in [2.05, 4.69) is 10.4 Å². The summed E-state index contributed by atoms with van der Waals surface area (Å²) in [5.74, 6) is 0. The number of carbonyl (C=O) groups is 1. The number of hydrazone groups is 1. The number of rotatable bonds is 5. The number of hydrogen-bond acceptors (Lipinski definition) is 3. The predicted molar refractivity (Wildman–Crippen MR) is 103 cm³/mol. The number of halogens is 4. The molecule has 2 aliphatic rings. The van der Waals surface area contributed by atoms with E-state index in [9.17, 15) is 18.0 Å². The molecule has 1 aromatic rings. The SMILES string of the molecule is CCCCN1N=C(C2=CCNC=C2Cl)CN(c2ccc(C(F)(F)F)cc2)C1=O. The van der Waals surface area contributed by atoms with Crippen molar-refractivity contribution >= 4 is 29.0 Å². The van der Waals surface area contributed by atoms with Crippen molar-refractivity contribution in [2.45, 2.75) is 25.9 Å². The summed E-state index contributed by atoms with van der Waals surface area (Å²) in [6.45, 7) is 3.13. The maximum Gasteiger partial charge on any atom is 0.416 e. The van der Waals surface area contributed by atoms with Crippen LogP contribution in [0.15, 0.2) is 52.2 Å². The summed E-state index contributed by atoms with van der Waals surface area (Å²) >= 11 is 6.27. The van der Waals surface area contributed by atoms with Crippen LogP contribution in [-0.4, -0.2) is 36.4 Å². The van der Waals surface area contributed by atoms with E-state index in [1.165, 1.54) is 22.0 Å². The van der Waals surface area contributed by atoms with E-state index >= 15 is 0 Å². The van der Waals surface area contributed by atoms with Crippen LogP contribution in [0, 0.1) is 0 Å². The number of unbranched alkanes of at least 4 members (excludes halogenated alkanes) is 1. The highest BCUT2D eigenvalue weighted by atomic mass is 35.5. The highest BCUT2D eigenvalue weighted by molar-refractivity contribution is 6.36. The number of amides is 2. The molecule has 28 heavy (non-hydrogen) atoms. The fourth-order valence-corrected chi connectivity index (χ4v) is 3.21. The lowest BCUT2D eigenvalue weighted by molar-refractivity contribution is -0.137. The van der Waals surface area contributed by atoms with Crippen LogP contribution in [0.25, 0.3) is 0 Å². The fourth-order valence-electron chi connectivity index (χ4n) is 2.94. The van der Waals surface area contributed by atoms with Crippen LogP contribution in [0.2, 0.25) is 0 Å². The summed E-state index contributed by atoms with van der Waals surface area (Å²) in [7, 11) is 0. The molecule has 0 unspecified atom stereocenters. The van der Waals surface area contributed by atoms with Gasteiger partial charge in [0.2, 0.25) is 0 Å². The molecular weight excluding hydrogens is 393 g/mol. The van der Waals surface area contributed by atoms with Crippen molar-refractivity contribution in [2.24, 2.45) is 5.10 Å². The molecule has 0 atom stereocenters. The molecule has 2 heterocycles. The molecule has 2 aliphatic heterocycles. The fraction of sp³-hybridized carbons (Fsp3) is 0.368. The van der Waals surface area contributed by atoms with Crippen LogP contribution in [0.4, 0.5) is 23.7 Å². The molecule has 2 amide bonds. The van der Waals surface area contributed by atoms with Gasteiger partial charge in [-0.15, -0.1) is 0 Å². The van der Waals surface area contributed by atoms with Gasteiger partial charge in [-0.2, -0.15) is 18.3 Å². The Hall–Kier alpha value is -2.48. The highest BCUT2D eigenvalue weighted by Gasteiger charge is 2.33. The van der Waals surface area contributed by atoms with Crippen LogP contribution in [0.3, 0.4) is 0 Å². The molecule has 5 nitrogen and oxygen atoms in total. The summed E-state index contributed by atoms with van der Waals surface area (Å²) in [5, 5.41) is 9.29. The highest BCUT2D eigenvalue weighted by Crippen LogP contribution is 2.32. The number of hydrogen-bond donors (Lipinski definition) is 1. The third kappa shape index (κ3) is 4.32. The molecule has 1 aromatic carbocycles. The number of benzene rings is 1. The van der Waals surface area contributed by atoms with E-state index in [1.54, 1.807) is 6.20 Å². The van der Waals surface area contributed by atoms with Crippen LogP contribution in [0.5, 0.6) is 0 Å². The molecule has 0 aliphatic carbocycles. The van der Waals surface area contributed by atoms with Crippen LogP contribution in [0.1, 0.15) is 25.3 Å². The maximum atomic E-state index is 12.9. The quantitative estimate of drug-likeness (QED) is 0.761. The Balaban J connectivity index is 1.93. The Morgan fingerprint density at radius 3 is 2.57 bits per heavy atom. The van der Waals surface area contributed by atoms with Gasteiger partial charge >= 0.3 is 12.2 Å². The zero-order valence-electron chi connectivity index (χ0n) is 15.3. The van der Waals surface area contributed by atoms with Gasteiger partial charge in [0.25, 0.3) is 0 Å². The number of nitrogens with one attached hydrogen (secondary N) is 1. The number of carbonyl (C=O) groups excluding carboxylic acids is 1. The van der Waals surface area contributed by atoms with Crippen molar-refractivity contribution in [1.82, 2.24) is 10.3 Å². The van der Waals surface area contributed by atoms with Crippen molar-refractivity contribution in [3.05, 3.63) is 52.7 Å². The molecule has 0 saturated carbocycles. The first kappa shape index (κ1) is 20.3. The van der Waals surface area contributed by atoms with E-state index in [0.29, 0.717) is 35.1 Å². The molecule has 3 rings (SSSR count). The van der Waals surface area contributed by atoms with Gasteiger partial charge in [-0.25, -0.2) is 9.80 Å². The van der Waals surface area contributed by atoms with Gasteiger partial charge in [0.15, 0.2) is 0 Å². The molecular formula is C19H20ClF3N4O. The largest absolute Gasteiger partial charge is 0.416 e. The summed E-state index contributed by atoms with van der Waals surface area (Å²) in [4.78, 5) is 14.3. The second-order valence-corrected chi connectivity index (χ2v) is 6.86. The van der Waals surface area contributed by atoms with E-state index < -0.39 is 11.7 Å². The third-order valence-electron chi connectivity index (χ3n) is 4.45. The second kappa shape index (κ2) is 8.26. The van der Waals surface area contributed by atoms with E-state index in [0.717, 1.165) is 25.0 Å². The van der Waals surface area contributed by atoms with E-state index in [-0.39, 0.29) is 12.6 Å². The van der Waals surface area contributed by atoms with E-state index in [4.69, 9.17) is 11.6 Å². The Kier molecular flexibility index (Phi) is 5.98.